The quantitative estimate of drug-likeness (QED) is 0.530. The van der Waals surface area contributed by atoms with Crippen molar-refractivity contribution in [2.75, 3.05) is 0 Å². The first-order valence-electron chi connectivity index (χ1n) is 8.57. The zero-order valence-corrected chi connectivity index (χ0v) is 14.7. The minimum absolute atomic E-state index is 0.0206. The van der Waals surface area contributed by atoms with Gasteiger partial charge in [-0.05, 0) is 70.7 Å². The van der Waals surface area contributed by atoms with E-state index in [0.29, 0.717) is 11.1 Å². The highest BCUT2D eigenvalue weighted by Crippen LogP contribution is 2.44. The second kappa shape index (κ2) is 6.78. The van der Waals surface area contributed by atoms with E-state index in [9.17, 15) is 9.18 Å². The van der Waals surface area contributed by atoms with Crippen LogP contribution in [0.1, 0.15) is 30.0 Å². The first kappa shape index (κ1) is 17.1. The molecule has 1 aromatic heterocycles. The molecule has 27 heavy (non-hydrogen) atoms. The van der Waals surface area contributed by atoms with Crippen LogP contribution in [0.2, 0.25) is 0 Å². The van der Waals surface area contributed by atoms with Gasteiger partial charge in [-0.15, -0.1) is 0 Å². The van der Waals surface area contributed by atoms with Crippen molar-refractivity contribution in [2.24, 2.45) is 0 Å². The molecule has 1 heterocycles. The van der Waals surface area contributed by atoms with Crippen molar-refractivity contribution < 1.29 is 14.4 Å². The third kappa shape index (κ3) is 3.02. The minimum atomic E-state index is -0.532. The van der Waals surface area contributed by atoms with Crippen LogP contribution in [0.25, 0.3) is 28.1 Å². The number of halogens is 1. The lowest BCUT2D eigenvalue weighted by Gasteiger charge is -2.06. The van der Waals surface area contributed by atoms with Crippen molar-refractivity contribution >= 4 is 34.0 Å². The maximum Gasteiger partial charge on any atom is 0.247 e. The van der Waals surface area contributed by atoms with Crippen LogP contribution in [0, 0.1) is 5.82 Å². The van der Waals surface area contributed by atoms with Crippen molar-refractivity contribution in [1.82, 2.24) is 10.5 Å². The first-order valence-corrected chi connectivity index (χ1v) is 8.57. The molecule has 2 aromatic carbocycles. The number of aromatic nitrogens is 1. The molecule has 3 aromatic rings. The van der Waals surface area contributed by atoms with Crippen molar-refractivity contribution in [3.63, 3.8) is 0 Å². The van der Waals surface area contributed by atoms with E-state index in [-0.39, 0.29) is 12.2 Å². The zero-order chi connectivity index (χ0) is 19.0. The van der Waals surface area contributed by atoms with Gasteiger partial charge in [-0.3, -0.25) is 15.0 Å². The minimum Gasteiger partial charge on any atom is -0.289 e. The molecule has 0 saturated carbocycles. The number of hydrogen-bond donors (Lipinski definition) is 2. The maximum atomic E-state index is 13.8. The number of carbonyl (C=O) groups is 1. The Balaban J connectivity index is 1.92. The Kier molecular flexibility index (Phi) is 4.30. The highest BCUT2D eigenvalue weighted by molar-refractivity contribution is 6.09. The van der Waals surface area contributed by atoms with Crippen molar-refractivity contribution in [1.29, 1.82) is 0 Å². The molecular formula is C22H17FN2O2. The van der Waals surface area contributed by atoms with Crippen LogP contribution in [0.5, 0.6) is 0 Å². The normalized spacial score (nSPS) is 14.7. The van der Waals surface area contributed by atoms with Gasteiger partial charge < -0.3 is 0 Å². The Morgan fingerprint density at radius 2 is 2.00 bits per heavy atom. The molecule has 1 aliphatic rings. The number of rotatable bonds is 3. The van der Waals surface area contributed by atoms with Crippen LogP contribution < -0.4 is 5.48 Å². The van der Waals surface area contributed by atoms with Crippen molar-refractivity contribution in [3.8, 4) is 0 Å². The van der Waals surface area contributed by atoms with Gasteiger partial charge in [-0.1, -0.05) is 24.3 Å². The summed E-state index contributed by atoms with van der Waals surface area (Å²) in [7, 11) is 0. The number of carbonyl (C=O) groups excluding carboxylic acids is 1. The molecule has 0 saturated heterocycles. The van der Waals surface area contributed by atoms with Gasteiger partial charge in [0.25, 0.3) is 0 Å². The number of nitrogens with one attached hydrogen (secondary N) is 1. The third-order valence-electron chi connectivity index (χ3n) is 4.90. The van der Waals surface area contributed by atoms with Crippen LogP contribution in [0.15, 0.2) is 60.3 Å². The predicted molar refractivity (Wildman–Crippen MR) is 103 cm³/mol. The summed E-state index contributed by atoms with van der Waals surface area (Å²) in [5.41, 5.74) is 7.63. The Labute approximate surface area is 155 Å². The lowest BCUT2D eigenvalue weighted by Crippen LogP contribution is -2.18. The average molecular weight is 360 g/mol. The molecule has 0 spiro atoms. The summed E-state index contributed by atoms with van der Waals surface area (Å²) in [5, 5.41) is 9.90. The fourth-order valence-corrected chi connectivity index (χ4v) is 3.58. The zero-order valence-electron chi connectivity index (χ0n) is 14.7. The molecule has 0 unspecified atom stereocenters. The number of amides is 1. The average Bonchev–Trinajstić information content (AvgIpc) is 2.93. The van der Waals surface area contributed by atoms with Crippen molar-refractivity contribution in [3.05, 3.63) is 82.8 Å². The monoisotopic (exact) mass is 360 g/mol. The highest BCUT2D eigenvalue weighted by atomic mass is 19.1. The molecule has 1 amide bonds. The number of hydroxylamine groups is 1. The molecule has 1 aliphatic carbocycles. The van der Waals surface area contributed by atoms with Gasteiger partial charge in [0.15, 0.2) is 0 Å². The molecule has 134 valence electrons. The largest absolute Gasteiger partial charge is 0.289 e. The van der Waals surface area contributed by atoms with Gasteiger partial charge in [0.1, 0.15) is 5.82 Å². The summed E-state index contributed by atoms with van der Waals surface area (Å²) in [5.74, 6) is -0.894. The predicted octanol–water partition coefficient (Wildman–Crippen LogP) is 4.60. The fraction of sp³-hybridized carbons (Fsp3) is 0.0909. The van der Waals surface area contributed by atoms with Gasteiger partial charge in [-0.2, -0.15) is 0 Å². The molecule has 4 rings (SSSR count). The van der Waals surface area contributed by atoms with E-state index < -0.39 is 5.91 Å². The first-order chi connectivity index (χ1) is 13.1. The maximum absolute atomic E-state index is 13.8. The Morgan fingerprint density at radius 1 is 1.19 bits per heavy atom. The molecule has 0 atom stereocenters. The van der Waals surface area contributed by atoms with Crippen LogP contribution >= 0.6 is 0 Å². The number of allylic oxidation sites excluding steroid dienone is 2. The van der Waals surface area contributed by atoms with E-state index in [1.165, 1.54) is 12.1 Å². The smallest absolute Gasteiger partial charge is 0.247 e. The lowest BCUT2D eigenvalue weighted by molar-refractivity contribution is -0.128. The summed E-state index contributed by atoms with van der Waals surface area (Å²) in [6.07, 6.45) is 3.78. The molecule has 0 aliphatic heterocycles. The molecule has 2 N–H and O–H groups in total. The van der Waals surface area contributed by atoms with Gasteiger partial charge in [0.05, 0.1) is 11.9 Å². The van der Waals surface area contributed by atoms with E-state index >= 15 is 0 Å². The molecule has 5 heteroatoms. The second-order valence-corrected chi connectivity index (χ2v) is 6.48. The van der Waals surface area contributed by atoms with Gasteiger partial charge >= 0.3 is 0 Å². The van der Waals surface area contributed by atoms with Gasteiger partial charge in [-0.25, -0.2) is 9.87 Å². The topological polar surface area (TPSA) is 62.2 Å². The number of nitrogens with zero attached hydrogens (tertiary/aromatic N) is 1. The van der Waals surface area contributed by atoms with E-state index in [2.05, 4.69) is 4.98 Å². The van der Waals surface area contributed by atoms with E-state index in [4.69, 9.17) is 5.21 Å². The Hall–Kier alpha value is -3.31. The van der Waals surface area contributed by atoms with Gasteiger partial charge in [0, 0.05) is 11.6 Å². The summed E-state index contributed by atoms with van der Waals surface area (Å²) >= 11 is 0. The standard InChI is InChI=1S/C22H17FN2O2/c1-13-18(10-14-8-9-24-21-5-3-2-4-16(14)21)17-7-6-15(23)11-20(17)19(13)12-22(26)25-27/h2-11,27H,12H2,1H3,(H,25,26)/b18-10-. The molecular weight excluding hydrogens is 343 g/mol. The summed E-state index contributed by atoms with van der Waals surface area (Å²) < 4.78 is 13.8. The Morgan fingerprint density at radius 3 is 2.81 bits per heavy atom. The van der Waals surface area contributed by atoms with Crippen LogP contribution in [-0.2, 0) is 4.79 Å². The second-order valence-electron chi connectivity index (χ2n) is 6.48. The number of para-hydroxylation sites is 1. The number of hydrogen-bond acceptors (Lipinski definition) is 3. The van der Waals surface area contributed by atoms with E-state index in [1.54, 1.807) is 17.7 Å². The third-order valence-corrected chi connectivity index (χ3v) is 4.90. The van der Waals surface area contributed by atoms with Crippen molar-refractivity contribution in [2.45, 2.75) is 13.3 Å². The Bertz CT molecular complexity index is 1130. The number of fused-ring (bicyclic) bond motifs is 2. The number of benzene rings is 2. The summed E-state index contributed by atoms with van der Waals surface area (Å²) in [6.45, 7) is 1.91. The fourth-order valence-electron chi connectivity index (χ4n) is 3.58. The SMILES string of the molecule is CC1=C(CC(=O)NO)c2cc(F)ccc2/C1=C\c1ccnc2ccccc12. The van der Waals surface area contributed by atoms with Crippen LogP contribution in [-0.4, -0.2) is 16.1 Å². The molecule has 0 radical (unpaired) electrons. The lowest BCUT2D eigenvalue weighted by atomic mass is 9.99. The summed E-state index contributed by atoms with van der Waals surface area (Å²) in [4.78, 5) is 16.1. The van der Waals surface area contributed by atoms with E-state index in [0.717, 1.165) is 33.2 Å². The van der Waals surface area contributed by atoms with Crippen LogP contribution in [0.3, 0.4) is 0 Å². The highest BCUT2D eigenvalue weighted by Gasteiger charge is 2.25. The van der Waals surface area contributed by atoms with Gasteiger partial charge in [0.2, 0.25) is 5.91 Å². The summed E-state index contributed by atoms with van der Waals surface area (Å²) in [6, 6.07) is 14.4. The van der Waals surface area contributed by atoms with Crippen LogP contribution in [0.4, 0.5) is 4.39 Å². The number of pyridine rings is 1. The van der Waals surface area contributed by atoms with E-state index in [1.807, 2.05) is 43.3 Å². The molecule has 0 bridgehead atoms. The molecule has 0 fully saturated rings. The molecule has 4 nitrogen and oxygen atoms in total.